The molecule has 72 valence electrons. The van der Waals surface area contributed by atoms with E-state index in [1.807, 2.05) is 19.1 Å². The van der Waals surface area contributed by atoms with E-state index in [1.54, 1.807) is 7.11 Å². The zero-order valence-corrected chi connectivity index (χ0v) is 8.50. The number of rotatable bonds is 3. The van der Waals surface area contributed by atoms with Crippen LogP contribution in [0.5, 0.6) is 0 Å². The molecule has 2 heteroatoms. The van der Waals surface area contributed by atoms with Gasteiger partial charge in [0.05, 0.1) is 6.10 Å². The van der Waals surface area contributed by atoms with Crippen LogP contribution in [0.3, 0.4) is 0 Å². The molecule has 1 unspecified atom stereocenters. The molecule has 0 aliphatic heterocycles. The highest BCUT2D eigenvalue weighted by Gasteiger charge is 2.10. The molecule has 0 saturated carbocycles. The van der Waals surface area contributed by atoms with Crippen LogP contribution in [0.1, 0.15) is 30.6 Å². The van der Waals surface area contributed by atoms with E-state index in [2.05, 4.69) is 13.0 Å². The first-order chi connectivity index (χ1) is 6.19. The molecule has 0 aliphatic rings. The molecule has 0 amide bonds. The van der Waals surface area contributed by atoms with Gasteiger partial charge in [-0.05, 0) is 25.0 Å². The second-order valence-corrected chi connectivity index (χ2v) is 3.26. The fraction of sp³-hybridized carbons (Fsp3) is 0.455. The lowest BCUT2D eigenvalue weighted by Gasteiger charge is -2.15. The number of nitrogens with two attached hydrogens (primary N) is 1. The van der Waals surface area contributed by atoms with Crippen LogP contribution in [0.4, 0.5) is 5.69 Å². The van der Waals surface area contributed by atoms with Crippen LogP contribution in [-0.4, -0.2) is 7.11 Å². The Morgan fingerprint density at radius 2 is 2.15 bits per heavy atom. The quantitative estimate of drug-likeness (QED) is 0.724. The Morgan fingerprint density at radius 3 is 2.62 bits per heavy atom. The minimum atomic E-state index is 0.126. The number of aryl methyl sites for hydroxylation is 1. The summed E-state index contributed by atoms with van der Waals surface area (Å²) in [4.78, 5) is 0. The summed E-state index contributed by atoms with van der Waals surface area (Å²) < 4.78 is 5.33. The number of anilines is 1. The minimum absolute atomic E-state index is 0.126. The van der Waals surface area contributed by atoms with E-state index >= 15 is 0 Å². The summed E-state index contributed by atoms with van der Waals surface area (Å²) in [5.74, 6) is 0. The first kappa shape index (κ1) is 10.1. The van der Waals surface area contributed by atoms with Crippen molar-refractivity contribution in [2.75, 3.05) is 12.8 Å². The largest absolute Gasteiger partial charge is 0.398 e. The van der Waals surface area contributed by atoms with Gasteiger partial charge in [0.15, 0.2) is 0 Å². The molecule has 0 bridgehead atoms. The summed E-state index contributed by atoms with van der Waals surface area (Å²) in [6.07, 6.45) is 1.07. The monoisotopic (exact) mass is 179 g/mol. The highest BCUT2D eigenvalue weighted by Crippen LogP contribution is 2.26. The van der Waals surface area contributed by atoms with Gasteiger partial charge in [0.1, 0.15) is 0 Å². The number of nitrogen functional groups attached to an aromatic ring is 1. The van der Waals surface area contributed by atoms with E-state index in [1.165, 1.54) is 5.56 Å². The van der Waals surface area contributed by atoms with E-state index in [0.29, 0.717) is 0 Å². The smallest absolute Gasteiger partial charge is 0.0838 e. The molecule has 0 heterocycles. The predicted molar refractivity (Wildman–Crippen MR) is 55.6 cm³/mol. The van der Waals surface area contributed by atoms with E-state index in [4.69, 9.17) is 10.5 Å². The van der Waals surface area contributed by atoms with E-state index < -0.39 is 0 Å². The average molecular weight is 179 g/mol. The predicted octanol–water partition coefficient (Wildman–Crippen LogP) is 2.67. The van der Waals surface area contributed by atoms with Crippen molar-refractivity contribution in [3.05, 3.63) is 29.3 Å². The van der Waals surface area contributed by atoms with Gasteiger partial charge in [0.25, 0.3) is 0 Å². The molecule has 0 aromatic heterocycles. The molecule has 0 radical (unpaired) electrons. The Balaban J connectivity index is 2.99. The lowest BCUT2D eigenvalue weighted by Crippen LogP contribution is -2.03. The number of hydrogen-bond donors (Lipinski definition) is 1. The Kier molecular flexibility index (Phi) is 3.32. The van der Waals surface area contributed by atoms with Crippen LogP contribution in [0.25, 0.3) is 0 Å². The zero-order valence-electron chi connectivity index (χ0n) is 8.50. The van der Waals surface area contributed by atoms with Crippen molar-refractivity contribution in [3.8, 4) is 0 Å². The minimum Gasteiger partial charge on any atom is -0.398 e. The zero-order chi connectivity index (χ0) is 9.84. The molecule has 1 atom stereocenters. The summed E-state index contributed by atoms with van der Waals surface area (Å²) in [6, 6.07) is 6.09. The van der Waals surface area contributed by atoms with Gasteiger partial charge in [-0.15, -0.1) is 0 Å². The van der Waals surface area contributed by atoms with Crippen LogP contribution in [0.2, 0.25) is 0 Å². The fourth-order valence-electron chi connectivity index (χ4n) is 1.50. The molecule has 1 aromatic carbocycles. The standard InChI is InChI=1S/C11H17NO/c1-4-11(13-3)9-6-5-8(2)7-10(9)12/h5-7,11H,4,12H2,1-3H3. The molecule has 0 fully saturated rings. The maximum Gasteiger partial charge on any atom is 0.0838 e. The summed E-state index contributed by atoms with van der Waals surface area (Å²) >= 11 is 0. The van der Waals surface area contributed by atoms with Crippen molar-refractivity contribution in [2.45, 2.75) is 26.4 Å². The van der Waals surface area contributed by atoms with Gasteiger partial charge in [0, 0.05) is 18.4 Å². The summed E-state index contributed by atoms with van der Waals surface area (Å²) in [5, 5.41) is 0. The first-order valence-electron chi connectivity index (χ1n) is 4.57. The average Bonchev–Trinajstić information content (AvgIpc) is 2.10. The lowest BCUT2D eigenvalue weighted by atomic mass is 10.0. The van der Waals surface area contributed by atoms with Gasteiger partial charge in [0.2, 0.25) is 0 Å². The van der Waals surface area contributed by atoms with Crippen LogP contribution in [-0.2, 0) is 4.74 Å². The lowest BCUT2D eigenvalue weighted by molar-refractivity contribution is 0.101. The van der Waals surface area contributed by atoms with Gasteiger partial charge in [-0.3, -0.25) is 0 Å². The Bertz CT molecular complexity index is 279. The number of methoxy groups -OCH3 is 1. The molecule has 0 aliphatic carbocycles. The van der Waals surface area contributed by atoms with Gasteiger partial charge in [-0.25, -0.2) is 0 Å². The molecule has 2 nitrogen and oxygen atoms in total. The summed E-state index contributed by atoms with van der Waals surface area (Å²) in [6.45, 7) is 4.13. The van der Waals surface area contributed by atoms with Crippen molar-refractivity contribution in [1.29, 1.82) is 0 Å². The topological polar surface area (TPSA) is 35.2 Å². The fourth-order valence-corrected chi connectivity index (χ4v) is 1.50. The third-order valence-corrected chi connectivity index (χ3v) is 2.24. The van der Waals surface area contributed by atoms with Crippen LogP contribution in [0, 0.1) is 6.92 Å². The molecule has 1 aromatic rings. The number of ether oxygens (including phenoxy) is 1. The van der Waals surface area contributed by atoms with E-state index in [0.717, 1.165) is 17.7 Å². The van der Waals surface area contributed by atoms with Gasteiger partial charge in [-0.1, -0.05) is 19.1 Å². The second-order valence-electron chi connectivity index (χ2n) is 3.26. The van der Waals surface area contributed by atoms with Crippen molar-refractivity contribution in [1.82, 2.24) is 0 Å². The van der Waals surface area contributed by atoms with Gasteiger partial charge < -0.3 is 10.5 Å². The third-order valence-electron chi connectivity index (χ3n) is 2.24. The molecule has 0 saturated heterocycles. The maximum absolute atomic E-state index is 5.89. The third kappa shape index (κ3) is 2.22. The summed E-state index contributed by atoms with van der Waals surface area (Å²) in [7, 11) is 1.72. The van der Waals surface area contributed by atoms with Crippen LogP contribution < -0.4 is 5.73 Å². The van der Waals surface area contributed by atoms with Gasteiger partial charge >= 0.3 is 0 Å². The second kappa shape index (κ2) is 4.28. The SMILES string of the molecule is CCC(OC)c1ccc(C)cc1N. The van der Waals surface area contributed by atoms with Crippen LogP contribution in [0.15, 0.2) is 18.2 Å². The normalized spacial score (nSPS) is 12.8. The molecule has 0 spiro atoms. The molecule has 2 N–H and O–H groups in total. The Hall–Kier alpha value is -1.02. The Labute approximate surface area is 79.7 Å². The molecule has 1 rings (SSSR count). The van der Waals surface area contributed by atoms with Gasteiger partial charge in [-0.2, -0.15) is 0 Å². The highest BCUT2D eigenvalue weighted by molar-refractivity contribution is 5.50. The summed E-state index contributed by atoms with van der Waals surface area (Å²) in [5.41, 5.74) is 9.00. The number of hydrogen-bond acceptors (Lipinski definition) is 2. The molecular formula is C11H17NO. The maximum atomic E-state index is 5.89. The first-order valence-corrected chi connectivity index (χ1v) is 4.57. The molecule has 13 heavy (non-hydrogen) atoms. The van der Waals surface area contributed by atoms with Crippen molar-refractivity contribution in [3.63, 3.8) is 0 Å². The molecular weight excluding hydrogens is 162 g/mol. The van der Waals surface area contributed by atoms with E-state index in [9.17, 15) is 0 Å². The highest BCUT2D eigenvalue weighted by atomic mass is 16.5. The van der Waals surface area contributed by atoms with Crippen LogP contribution >= 0.6 is 0 Å². The van der Waals surface area contributed by atoms with Crippen molar-refractivity contribution >= 4 is 5.69 Å². The van der Waals surface area contributed by atoms with Crippen molar-refractivity contribution in [2.24, 2.45) is 0 Å². The van der Waals surface area contributed by atoms with E-state index in [-0.39, 0.29) is 6.10 Å². The Morgan fingerprint density at radius 1 is 1.46 bits per heavy atom. The number of benzene rings is 1. The van der Waals surface area contributed by atoms with Crippen molar-refractivity contribution < 1.29 is 4.74 Å².